The van der Waals surface area contributed by atoms with Crippen LogP contribution in [0.4, 0.5) is 0 Å². The Kier molecular flexibility index (Phi) is 10.6. The second-order valence-corrected chi connectivity index (χ2v) is 7.14. The fourth-order valence-electron chi connectivity index (χ4n) is 3.01. The third-order valence-corrected chi connectivity index (χ3v) is 4.76. The summed E-state index contributed by atoms with van der Waals surface area (Å²) in [5, 5.41) is 3.58. The van der Waals surface area contributed by atoms with E-state index in [1.165, 1.54) is 49.9 Å². The number of nitrogens with zero attached hydrogens (tertiary/aromatic N) is 1. The summed E-state index contributed by atoms with van der Waals surface area (Å²) < 4.78 is 5.85. The monoisotopic (exact) mass is 368 g/mol. The predicted molar refractivity (Wildman–Crippen MR) is 115 cm³/mol. The first kappa shape index (κ1) is 21.5. The van der Waals surface area contributed by atoms with Crippen molar-refractivity contribution in [3.05, 3.63) is 65.7 Å². The van der Waals surface area contributed by atoms with Gasteiger partial charge in [0.1, 0.15) is 12.4 Å². The highest BCUT2D eigenvalue weighted by atomic mass is 16.5. The minimum Gasteiger partial charge on any atom is -0.489 e. The summed E-state index contributed by atoms with van der Waals surface area (Å²) in [4.78, 5) is 2.60. The molecule has 0 fully saturated rings. The van der Waals surface area contributed by atoms with Crippen molar-refractivity contribution in [1.82, 2.24) is 10.2 Å². The normalized spacial score (nSPS) is 11.1. The van der Waals surface area contributed by atoms with Gasteiger partial charge in [0.25, 0.3) is 0 Å². The van der Waals surface area contributed by atoms with Crippen LogP contribution in [0.5, 0.6) is 5.75 Å². The molecule has 2 rings (SSSR count). The maximum atomic E-state index is 5.85. The molecule has 2 aromatic carbocycles. The molecular weight excluding hydrogens is 332 g/mol. The molecule has 0 aliphatic rings. The molecule has 0 saturated heterocycles. The van der Waals surface area contributed by atoms with Crippen molar-refractivity contribution in [3.8, 4) is 5.75 Å². The maximum Gasteiger partial charge on any atom is 0.119 e. The summed E-state index contributed by atoms with van der Waals surface area (Å²) in [6, 6.07) is 18.7. The summed E-state index contributed by atoms with van der Waals surface area (Å²) >= 11 is 0. The third kappa shape index (κ3) is 9.07. The van der Waals surface area contributed by atoms with Gasteiger partial charge in [0.15, 0.2) is 0 Å². The molecule has 0 atom stereocenters. The number of nitrogens with one attached hydrogen (secondary N) is 1. The number of rotatable bonds is 14. The minimum atomic E-state index is 0.615. The molecule has 0 aliphatic heterocycles. The fourth-order valence-corrected chi connectivity index (χ4v) is 3.01. The van der Waals surface area contributed by atoms with Crippen LogP contribution in [0.1, 0.15) is 50.7 Å². The molecule has 1 N–H and O–H groups in total. The summed E-state index contributed by atoms with van der Waals surface area (Å²) in [7, 11) is 0. The Labute approximate surface area is 165 Å². The third-order valence-electron chi connectivity index (χ3n) is 4.76. The molecular formula is C24H36N2O. The van der Waals surface area contributed by atoms with Gasteiger partial charge in [0.05, 0.1) is 0 Å². The maximum absolute atomic E-state index is 5.85. The smallest absolute Gasteiger partial charge is 0.119 e. The van der Waals surface area contributed by atoms with E-state index in [4.69, 9.17) is 4.74 Å². The van der Waals surface area contributed by atoms with E-state index in [9.17, 15) is 0 Å². The van der Waals surface area contributed by atoms with Gasteiger partial charge < -0.3 is 15.0 Å². The van der Waals surface area contributed by atoms with E-state index in [0.29, 0.717) is 6.61 Å². The van der Waals surface area contributed by atoms with Gasteiger partial charge in [-0.25, -0.2) is 0 Å². The second-order valence-electron chi connectivity index (χ2n) is 7.14. The van der Waals surface area contributed by atoms with E-state index >= 15 is 0 Å². The highest BCUT2D eigenvalue weighted by Crippen LogP contribution is 2.14. The standard InChI is InChI=1S/C24H36N2O/c1-3-5-17-26(18-6-4-2)19-16-25-20-22-12-14-24(15-13-22)27-21-23-10-8-7-9-11-23/h7-15,25H,3-6,16-21H2,1-2H3. The zero-order valence-electron chi connectivity index (χ0n) is 17.1. The van der Waals surface area contributed by atoms with E-state index in [1.54, 1.807) is 0 Å². The molecule has 0 bridgehead atoms. The van der Waals surface area contributed by atoms with Gasteiger partial charge >= 0.3 is 0 Å². The van der Waals surface area contributed by atoms with Crippen LogP contribution < -0.4 is 10.1 Å². The summed E-state index contributed by atoms with van der Waals surface area (Å²) in [6.07, 6.45) is 5.14. The molecule has 0 aromatic heterocycles. The van der Waals surface area contributed by atoms with E-state index < -0.39 is 0 Å². The van der Waals surface area contributed by atoms with Gasteiger partial charge in [-0.15, -0.1) is 0 Å². The van der Waals surface area contributed by atoms with Crippen molar-refractivity contribution in [3.63, 3.8) is 0 Å². The topological polar surface area (TPSA) is 24.5 Å². The largest absolute Gasteiger partial charge is 0.489 e. The van der Waals surface area contributed by atoms with Crippen LogP contribution in [-0.4, -0.2) is 31.1 Å². The van der Waals surface area contributed by atoms with Crippen LogP contribution >= 0.6 is 0 Å². The van der Waals surface area contributed by atoms with Gasteiger partial charge in [-0.1, -0.05) is 69.2 Å². The summed E-state index contributed by atoms with van der Waals surface area (Å²) in [5.74, 6) is 0.924. The second kappa shape index (κ2) is 13.3. The molecule has 0 radical (unpaired) electrons. The highest BCUT2D eigenvalue weighted by Gasteiger charge is 2.03. The van der Waals surface area contributed by atoms with Crippen molar-refractivity contribution in [2.45, 2.75) is 52.7 Å². The van der Waals surface area contributed by atoms with Gasteiger partial charge in [0.2, 0.25) is 0 Å². The predicted octanol–water partition coefficient (Wildman–Crippen LogP) is 5.26. The van der Waals surface area contributed by atoms with Crippen molar-refractivity contribution in [2.24, 2.45) is 0 Å². The lowest BCUT2D eigenvalue weighted by Gasteiger charge is -2.22. The van der Waals surface area contributed by atoms with Crippen LogP contribution in [-0.2, 0) is 13.2 Å². The SMILES string of the molecule is CCCCN(CCCC)CCNCc1ccc(OCc2ccccc2)cc1. The zero-order chi connectivity index (χ0) is 19.2. The zero-order valence-corrected chi connectivity index (χ0v) is 17.1. The van der Waals surface area contributed by atoms with Crippen LogP contribution in [0.15, 0.2) is 54.6 Å². The van der Waals surface area contributed by atoms with Crippen molar-refractivity contribution in [2.75, 3.05) is 26.2 Å². The molecule has 0 amide bonds. The van der Waals surface area contributed by atoms with Crippen LogP contribution in [0.2, 0.25) is 0 Å². The average Bonchev–Trinajstić information content (AvgIpc) is 2.72. The Morgan fingerprint density at radius 1 is 0.778 bits per heavy atom. The molecule has 0 heterocycles. The number of ether oxygens (including phenoxy) is 1. The van der Waals surface area contributed by atoms with Gasteiger partial charge in [-0.05, 0) is 49.2 Å². The van der Waals surface area contributed by atoms with Gasteiger partial charge in [0, 0.05) is 19.6 Å². The molecule has 3 heteroatoms. The molecule has 148 valence electrons. The number of benzene rings is 2. The lowest BCUT2D eigenvalue weighted by molar-refractivity contribution is 0.264. The molecule has 27 heavy (non-hydrogen) atoms. The molecule has 2 aromatic rings. The first-order valence-electron chi connectivity index (χ1n) is 10.5. The van der Waals surface area contributed by atoms with E-state index in [-0.39, 0.29) is 0 Å². The van der Waals surface area contributed by atoms with Crippen molar-refractivity contribution < 1.29 is 4.74 Å². The lowest BCUT2D eigenvalue weighted by Crippen LogP contribution is -2.33. The number of unbranched alkanes of at least 4 members (excludes halogenated alkanes) is 2. The number of hydrogen-bond acceptors (Lipinski definition) is 3. The first-order chi connectivity index (χ1) is 13.3. The summed E-state index contributed by atoms with van der Waals surface area (Å²) in [6.45, 7) is 10.7. The van der Waals surface area contributed by atoms with Gasteiger partial charge in [-0.2, -0.15) is 0 Å². The average molecular weight is 369 g/mol. The summed E-state index contributed by atoms with van der Waals surface area (Å²) in [5.41, 5.74) is 2.50. The highest BCUT2D eigenvalue weighted by molar-refractivity contribution is 5.27. The quantitative estimate of drug-likeness (QED) is 0.461. The molecule has 0 spiro atoms. The van der Waals surface area contributed by atoms with E-state index in [2.05, 4.69) is 60.5 Å². The molecule has 0 aliphatic carbocycles. The van der Waals surface area contributed by atoms with Crippen LogP contribution in [0, 0.1) is 0 Å². The minimum absolute atomic E-state index is 0.615. The Hall–Kier alpha value is -1.84. The van der Waals surface area contributed by atoms with E-state index in [0.717, 1.165) is 25.4 Å². The fraction of sp³-hybridized carbons (Fsp3) is 0.500. The Balaban J connectivity index is 1.66. The Morgan fingerprint density at radius 3 is 2.07 bits per heavy atom. The Bertz CT molecular complexity index is 590. The molecule has 0 saturated carbocycles. The van der Waals surface area contributed by atoms with E-state index in [1.807, 2.05) is 18.2 Å². The number of hydrogen-bond donors (Lipinski definition) is 1. The molecule has 3 nitrogen and oxygen atoms in total. The van der Waals surface area contributed by atoms with Crippen molar-refractivity contribution in [1.29, 1.82) is 0 Å². The van der Waals surface area contributed by atoms with Crippen LogP contribution in [0.3, 0.4) is 0 Å². The lowest BCUT2D eigenvalue weighted by atomic mass is 10.2. The van der Waals surface area contributed by atoms with Gasteiger partial charge in [-0.3, -0.25) is 0 Å². The molecule has 0 unspecified atom stereocenters. The van der Waals surface area contributed by atoms with Crippen LogP contribution in [0.25, 0.3) is 0 Å². The van der Waals surface area contributed by atoms with Crippen molar-refractivity contribution >= 4 is 0 Å². The Morgan fingerprint density at radius 2 is 1.44 bits per heavy atom. The first-order valence-corrected chi connectivity index (χ1v) is 10.5.